The minimum absolute atomic E-state index is 0.158. The number of hydrogen-bond donors (Lipinski definition) is 3. The van der Waals surface area contributed by atoms with Gasteiger partial charge < -0.3 is 14.9 Å². The first-order valence-corrected chi connectivity index (χ1v) is 6.58. The van der Waals surface area contributed by atoms with E-state index in [1.54, 1.807) is 18.2 Å². The number of nitrogens with one attached hydrogen (secondary N) is 1. The molecule has 0 heterocycles. The Labute approximate surface area is 131 Å². The topological polar surface area (TPSA) is 91.2 Å². The van der Waals surface area contributed by atoms with Gasteiger partial charge in [-0.15, -0.1) is 0 Å². The summed E-state index contributed by atoms with van der Waals surface area (Å²) in [6.07, 6.45) is 1.39. The molecule has 114 valence electrons. The van der Waals surface area contributed by atoms with Gasteiger partial charge in [-0.1, -0.05) is 11.6 Å². The van der Waals surface area contributed by atoms with Crippen molar-refractivity contribution in [1.82, 2.24) is 5.43 Å². The molecule has 0 aliphatic rings. The lowest BCUT2D eigenvalue weighted by molar-refractivity contribution is 0.0954. The van der Waals surface area contributed by atoms with Crippen molar-refractivity contribution in [2.45, 2.75) is 0 Å². The molecule has 0 saturated carbocycles. The highest BCUT2D eigenvalue weighted by atomic mass is 35.5. The zero-order chi connectivity index (χ0) is 16.1. The summed E-state index contributed by atoms with van der Waals surface area (Å²) in [7, 11) is 1.51. The van der Waals surface area contributed by atoms with Crippen molar-refractivity contribution in [3.8, 4) is 17.2 Å². The number of methoxy groups -OCH3 is 1. The molecule has 0 unspecified atom stereocenters. The summed E-state index contributed by atoms with van der Waals surface area (Å²) >= 11 is 5.89. The molecule has 2 aromatic carbocycles. The van der Waals surface area contributed by atoms with Crippen LogP contribution >= 0.6 is 11.6 Å². The first kappa shape index (κ1) is 15.7. The van der Waals surface area contributed by atoms with Crippen LogP contribution < -0.4 is 10.2 Å². The van der Waals surface area contributed by atoms with Crippen LogP contribution in [0.4, 0.5) is 0 Å². The van der Waals surface area contributed by atoms with Crippen LogP contribution in [0.3, 0.4) is 0 Å². The fourth-order valence-corrected chi connectivity index (χ4v) is 1.88. The number of rotatable bonds is 4. The van der Waals surface area contributed by atoms with Gasteiger partial charge in [-0.05, 0) is 36.4 Å². The maximum absolute atomic E-state index is 11.8. The Kier molecular flexibility index (Phi) is 4.85. The molecule has 0 saturated heterocycles. The van der Waals surface area contributed by atoms with E-state index in [-0.39, 0.29) is 17.1 Å². The van der Waals surface area contributed by atoms with Gasteiger partial charge in [0.2, 0.25) is 0 Å². The lowest BCUT2D eigenvalue weighted by atomic mass is 10.2. The summed E-state index contributed by atoms with van der Waals surface area (Å²) in [5, 5.41) is 22.9. The second-order valence-corrected chi connectivity index (χ2v) is 4.73. The van der Waals surface area contributed by atoms with Gasteiger partial charge in [0.05, 0.1) is 13.3 Å². The molecule has 3 N–H and O–H groups in total. The molecule has 1 amide bonds. The number of phenolic OH excluding ortho intramolecular Hbond substituents is 2. The fourth-order valence-electron chi connectivity index (χ4n) is 1.70. The van der Waals surface area contributed by atoms with Crippen molar-refractivity contribution in [3.63, 3.8) is 0 Å². The summed E-state index contributed by atoms with van der Waals surface area (Å²) in [6.45, 7) is 0. The Bertz CT molecular complexity index is 731. The van der Waals surface area contributed by atoms with E-state index in [1.165, 1.54) is 25.5 Å². The Morgan fingerprint density at radius 2 is 2.00 bits per heavy atom. The number of carbonyl (C=O) groups excluding carboxylic acids is 1. The van der Waals surface area contributed by atoms with Crippen molar-refractivity contribution in [2.24, 2.45) is 5.10 Å². The second-order valence-electron chi connectivity index (χ2n) is 4.29. The van der Waals surface area contributed by atoms with Gasteiger partial charge >= 0.3 is 0 Å². The maximum atomic E-state index is 11.8. The maximum Gasteiger partial charge on any atom is 0.271 e. The molecule has 2 rings (SSSR count). The van der Waals surface area contributed by atoms with Gasteiger partial charge in [-0.25, -0.2) is 5.43 Å². The molecule has 0 spiro atoms. The number of phenols is 2. The summed E-state index contributed by atoms with van der Waals surface area (Å²) in [4.78, 5) is 11.8. The Hall–Kier alpha value is -2.73. The minimum atomic E-state index is -0.535. The number of hydrazone groups is 1. The van der Waals surface area contributed by atoms with Crippen LogP contribution in [-0.4, -0.2) is 29.4 Å². The highest BCUT2D eigenvalue weighted by molar-refractivity contribution is 6.30. The van der Waals surface area contributed by atoms with Gasteiger partial charge in [0.25, 0.3) is 5.91 Å². The van der Waals surface area contributed by atoms with Gasteiger partial charge in [0.1, 0.15) is 5.75 Å². The normalized spacial score (nSPS) is 10.6. The van der Waals surface area contributed by atoms with Crippen molar-refractivity contribution in [2.75, 3.05) is 7.11 Å². The third-order valence-corrected chi connectivity index (χ3v) is 3.03. The number of hydrogen-bond acceptors (Lipinski definition) is 5. The van der Waals surface area contributed by atoms with Crippen molar-refractivity contribution in [1.29, 1.82) is 0 Å². The molecule has 0 atom stereocenters. The highest BCUT2D eigenvalue weighted by Crippen LogP contribution is 2.24. The van der Waals surface area contributed by atoms with Crippen molar-refractivity contribution in [3.05, 3.63) is 52.5 Å². The molecule has 2 aromatic rings. The SMILES string of the molecule is COc1ccc(Cl)cc1C=NNC(=O)c1ccc(O)c(O)c1. The minimum Gasteiger partial charge on any atom is -0.504 e. The van der Waals surface area contributed by atoms with Crippen molar-refractivity contribution >= 4 is 23.7 Å². The van der Waals surface area contributed by atoms with Gasteiger partial charge in [-0.2, -0.15) is 5.10 Å². The van der Waals surface area contributed by atoms with Gasteiger partial charge in [0.15, 0.2) is 11.5 Å². The van der Waals surface area contributed by atoms with Crippen LogP contribution in [0.15, 0.2) is 41.5 Å². The molecule has 0 aliphatic carbocycles. The van der Waals surface area contributed by atoms with E-state index >= 15 is 0 Å². The number of amides is 1. The van der Waals surface area contributed by atoms with Crippen LogP contribution in [0.2, 0.25) is 5.02 Å². The largest absolute Gasteiger partial charge is 0.504 e. The molecule has 22 heavy (non-hydrogen) atoms. The second kappa shape index (κ2) is 6.82. The van der Waals surface area contributed by atoms with Crippen LogP contribution in [0.1, 0.15) is 15.9 Å². The number of nitrogens with zero attached hydrogens (tertiary/aromatic N) is 1. The Morgan fingerprint density at radius 3 is 2.68 bits per heavy atom. The molecule has 7 heteroatoms. The number of ether oxygens (including phenoxy) is 1. The van der Waals surface area contributed by atoms with E-state index in [9.17, 15) is 15.0 Å². The van der Waals surface area contributed by atoms with Crippen LogP contribution in [0, 0.1) is 0 Å². The standard InChI is InChI=1S/C15H13ClN2O4/c1-22-14-5-3-11(16)6-10(14)8-17-18-15(21)9-2-4-12(19)13(20)7-9/h2-8,19-20H,1H3,(H,18,21). The summed E-state index contributed by atoms with van der Waals surface area (Å²) in [5.74, 6) is -0.658. The van der Waals surface area contributed by atoms with E-state index in [0.717, 1.165) is 6.07 Å². The van der Waals surface area contributed by atoms with Gasteiger partial charge in [0, 0.05) is 16.1 Å². The zero-order valence-corrected chi connectivity index (χ0v) is 12.3. The Morgan fingerprint density at radius 1 is 1.23 bits per heavy atom. The zero-order valence-electron chi connectivity index (χ0n) is 11.6. The monoisotopic (exact) mass is 320 g/mol. The molecule has 0 fully saturated rings. The van der Waals surface area contributed by atoms with Crippen LogP contribution in [-0.2, 0) is 0 Å². The van der Waals surface area contributed by atoms with Crippen LogP contribution in [0.5, 0.6) is 17.2 Å². The first-order chi connectivity index (χ1) is 10.5. The van der Waals surface area contributed by atoms with E-state index in [0.29, 0.717) is 16.3 Å². The summed E-state index contributed by atoms with van der Waals surface area (Å²) < 4.78 is 5.15. The number of benzene rings is 2. The van der Waals surface area contributed by atoms with E-state index < -0.39 is 5.91 Å². The van der Waals surface area contributed by atoms with E-state index in [1.807, 2.05) is 0 Å². The smallest absolute Gasteiger partial charge is 0.271 e. The van der Waals surface area contributed by atoms with Crippen LogP contribution in [0.25, 0.3) is 0 Å². The molecular weight excluding hydrogens is 308 g/mol. The fraction of sp³-hybridized carbons (Fsp3) is 0.0667. The van der Waals surface area contributed by atoms with E-state index in [4.69, 9.17) is 16.3 Å². The summed E-state index contributed by atoms with van der Waals surface area (Å²) in [5.41, 5.74) is 3.06. The summed E-state index contributed by atoms with van der Waals surface area (Å²) in [6, 6.07) is 8.72. The quantitative estimate of drug-likeness (QED) is 0.458. The average Bonchev–Trinajstić information content (AvgIpc) is 2.50. The van der Waals surface area contributed by atoms with E-state index in [2.05, 4.69) is 10.5 Å². The number of carbonyl (C=O) groups is 1. The lowest BCUT2D eigenvalue weighted by Crippen LogP contribution is -2.17. The third-order valence-electron chi connectivity index (χ3n) is 2.80. The lowest BCUT2D eigenvalue weighted by Gasteiger charge is -2.05. The van der Waals surface area contributed by atoms with Gasteiger partial charge in [-0.3, -0.25) is 4.79 Å². The molecule has 0 aromatic heterocycles. The highest BCUT2D eigenvalue weighted by Gasteiger charge is 2.08. The number of halogens is 1. The average molecular weight is 321 g/mol. The number of aromatic hydroxyl groups is 2. The van der Waals surface area contributed by atoms with Crippen molar-refractivity contribution < 1.29 is 19.7 Å². The predicted octanol–water partition coefficient (Wildman–Crippen LogP) is 2.52. The predicted molar refractivity (Wildman–Crippen MR) is 82.8 cm³/mol. The molecule has 6 nitrogen and oxygen atoms in total. The first-order valence-electron chi connectivity index (χ1n) is 6.20. The molecule has 0 bridgehead atoms. The molecule has 0 aliphatic heterocycles. The molecule has 0 radical (unpaired) electrons. The molecular formula is C15H13ClN2O4. The third kappa shape index (κ3) is 3.67. The Balaban J connectivity index is 2.10.